The smallest absolute Gasteiger partial charge is 0.358 e. The standard InChI is InChI=1S/C14H13NO4/c16-8-14(5-6-14)10-3-1-9(2-4-10)12-7-11(13(17)18)15-19-12/h1-4,7,16H,5-6,8H2,(H,17,18). The van der Waals surface area contributed by atoms with Gasteiger partial charge in [-0.2, -0.15) is 0 Å². The first-order valence-corrected chi connectivity index (χ1v) is 6.06. The summed E-state index contributed by atoms with van der Waals surface area (Å²) in [5.74, 6) is -0.679. The van der Waals surface area contributed by atoms with Gasteiger partial charge in [-0.1, -0.05) is 29.4 Å². The first-order chi connectivity index (χ1) is 9.14. The number of benzene rings is 1. The lowest BCUT2D eigenvalue weighted by molar-refractivity contribution is 0.0686. The van der Waals surface area contributed by atoms with E-state index in [1.54, 1.807) is 0 Å². The zero-order chi connectivity index (χ0) is 13.5. The van der Waals surface area contributed by atoms with Crippen LogP contribution in [0.5, 0.6) is 0 Å². The molecule has 1 heterocycles. The van der Waals surface area contributed by atoms with E-state index in [0.717, 1.165) is 24.0 Å². The first-order valence-electron chi connectivity index (χ1n) is 6.06. The molecule has 0 unspecified atom stereocenters. The minimum absolute atomic E-state index is 0.0633. The average molecular weight is 259 g/mol. The molecule has 98 valence electrons. The van der Waals surface area contributed by atoms with Crippen molar-refractivity contribution in [3.63, 3.8) is 0 Å². The fraction of sp³-hybridized carbons (Fsp3) is 0.286. The van der Waals surface area contributed by atoms with Crippen molar-refractivity contribution in [1.82, 2.24) is 5.16 Å². The van der Waals surface area contributed by atoms with Crippen LogP contribution < -0.4 is 0 Å². The van der Waals surface area contributed by atoms with Crippen LogP contribution in [0.25, 0.3) is 11.3 Å². The highest BCUT2D eigenvalue weighted by Gasteiger charge is 2.43. The fourth-order valence-electron chi connectivity index (χ4n) is 2.19. The van der Waals surface area contributed by atoms with Crippen LogP contribution in [0.1, 0.15) is 28.9 Å². The quantitative estimate of drug-likeness (QED) is 0.878. The topological polar surface area (TPSA) is 83.6 Å². The number of nitrogens with zero attached hydrogens (tertiary/aromatic N) is 1. The molecule has 0 radical (unpaired) electrons. The number of rotatable bonds is 4. The van der Waals surface area contributed by atoms with E-state index in [-0.39, 0.29) is 17.7 Å². The predicted molar refractivity (Wildman–Crippen MR) is 66.9 cm³/mol. The van der Waals surface area contributed by atoms with Crippen molar-refractivity contribution in [3.8, 4) is 11.3 Å². The third-order valence-corrected chi connectivity index (χ3v) is 3.67. The van der Waals surface area contributed by atoms with E-state index >= 15 is 0 Å². The molecule has 2 aromatic rings. The zero-order valence-corrected chi connectivity index (χ0v) is 10.2. The van der Waals surface area contributed by atoms with Gasteiger partial charge in [0.1, 0.15) is 0 Å². The number of carboxylic acids is 1. The van der Waals surface area contributed by atoms with Crippen molar-refractivity contribution in [2.75, 3.05) is 6.61 Å². The molecule has 0 spiro atoms. The van der Waals surface area contributed by atoms with E-state index in [0.29, 0.717) is 5.76 Å². The van der Waals surface area contributed by atoms with E-state index in [1.165, 1.54) is 6.07 Å². The van der Waals surface area contributed by atoms with Crippen LogP contribution in [0, 0.1) is 0 Å². The molecule has 19 heavy (non-hydrogen) atoms. The van der Waals surface area contributed by atoms with Gasteiger partial charge in [0.25, 0.3) is 0 Å². The van der Waals surface area contributed by atoms with E-state index in [1.807, 2.05) is 24.3 Å². The van der Waals surface area contributed by atoms with Gasteiger partial charge in [-0.15, -0.1) is 0 Å². The van der Waals surface area contributed by atoms with Gasteiger partial charge >= 0.3 is 5.97 Å². The second kappa shape index (κ2) is 4.20. The Morgan fingerprint density at radius 1 is 1.32 bits per heavy atom. The summed E-state index contributed by atoms with van der Waals surface area (Å²) in [7, 11) is 0. The minimum atomic E-state index is -1.11. The lowest BCUT2D eigenvalue weighted by atomic mass is 9.95. The SMILES string of the molecule is O=C(O)c1cc(-c2ccc(C3(CO)CC3)cc2)on1. The van der Waals surface area contributed by atoms with Gasteiger partial charge in [-0.3, -0.25) is 0 Å². The van der Waals surface area contributed by atoms with Crippen molar-refractivity contribution < 1.29 is 19.5 Å². The third-order valence-electron chi connectivity index (χ3n) is 3.67. The number of aromatic carboxylic acids is 1. The molecule has 5 nitrogen and oxygen atoms in total. The normalized spacial score (nSPS) is 16.3. The lowest BCUT2D eigenvalue weighted by Gasteiger charge is -2.11. The summed E-state index contributed by atoms with van der Waals surface area (Å²) >= 11 is 0. The second-order valence-electron chi connectivity index (χ2n) is 4.90. The van der Waals surface area contributed by atoms with Crippen molar-refractivity contribution in [3.05, 3.63) is 41.6 Å². The maximum absolute atomic E-state index is 10.7. The number of aliphatic hydroxyl groups is 1. The number of hydrogen-bond acceptors (Lipinski definition) is 4. The summed E-state index contributed by atoms with van der Waals surface area (Å²) in [5, 5.41) is 21.6. The van der Waals surface area contributed by atoms with Gasteiger partial charge in [0.2, 0.25) is 0 Å². The van der Waals surface area contributed by atoms with Crippen LogP contribution >= 0.6 is 0 Å². The molecule has 5 heteroatoms. The zero-order valence-electron chi connectivity index (χ0n) is 10.2. The third kappa shape index (κ3) is 2.02. The maximum Gasteiger partial charge on any atom is 0.358 e. The maximum atomic E-state index is 10.7. The number of aromatic nitrogens is 1. The summed E-state index contributed by atoms with van der Waals surface area (Å²) in [6.45, 7) is 0.165. The van der Waals surface area contributed by atoms with Gasteiger partial charge in [-0.25, -0.2) is 4.79 Å². The van der Waals surface area contributed by atoms with Gasteiger partial charge < -0.3 is 14.7 Å². The van der Waals surface area contributed by atoms with E-state index in [9.17, 15) is 9.90 Å². The Morgan fingerprint density at radius 2 is 2.00 bits per heavy atom. The average Bonchev–Trinajstić information content (AvgIpc) is 3.07. The van der Waals surface area contributed by atoms with Crippen LogP contribution in [-0.2, 0) is 5.41 Å². The Kier molecular flexibility index (Phi) is 2.64. The van der Waals surface area contributed by atoms with Crippen molar-refractivity contribution in [2.45, 2.75) is 18.3 Å². The van der Waals surface area contributed by atoms with Gasteiger partial charge in [-0.05, 0) is 18.4 Å². The molecule has 1 aliphatic carbocycles. The molecule has 1 aliphatic rings. The molecular weight excluding hydrogens is 246 g/mol. The minimum Gasteiger partial charge on any atom is -0.476 e. The number of carbonyl (C=O) groups is 1. The van der Waals surface area contributed by atoms with Gasteiger partial charge in [0.05, 0.1) is 6.61 Å². The number of aliphatic hydroxyl groups excluding tert-OH is 1. The van der Waals surface area contributed by atoms with Gasteiger partial charge in [0, 0.05) is 17.0 Å². The van der Waals surface area contributed by atoms with Gasteiger partial charge in [0.15, 0.2) is 11.5 Å². The van der Waals surface area contributed by atoms with E-state index < -0.39 is 5.97 Å². The second-order valence-corrected chi connectivity index (χ2v) is 4.90. The predicted octanol–water partition coefficient (Wildman–Crippen LogP) is 2.06. The molecule has 0 atom stereocenters. The molecule has 0 amide bonds. The first kappa shape index (κ1) is 11.9. The van der Waals surface area contributed by atoms with Crippen LogP contribution in [0.15, 0.2) is 34.9 Å². The Hall–Kier alpha value is -2.14. The highest BCUT2D eigenvalue weighted by atomic mass is 16.5. The van der Waals surface area contributed by atoms with Crippen LogP contribution in [0.3, 0.4) is 0 Å². The number of hydrogen-bond donors (Lipinski definition) is 2. The largest absolute Gasteiger partial charge is 0.476 e. The molecule has 1 aromatic heterocycles. The van der Waals surface area contributed by atoms with E-state index in [4.69, 9.17) is 9.63 Å². The van der Waals surface area contributed by atoms with E-state index in [2.05, 4.69) is 5.16 Å². The summed E-state index contributed by atoms with van der Waals surface area (Å²) in [4.78, 5) is 10.7. The fourth-order valence-corrected chi connectivity index (χ4v) is 2.19. The molecule has 1 saturated carbocycles. The molecular formula is C14H13NO4. The number of carboxylic acid groups (broad SMARTS) is 1. The summed E-state index contributed by atoms with van der Waals surface area (Å²) < 4.78 is 5.00. The highest BCUT2D eigenvalue weighted by molar-refractivity contribution is 5.86. The van der Waals surface area contributed by atoms with Crippen molar-refractivity contribution >= 4 is 5.97 Å². The Bertz CT molecular complexity index is 611. The molecule has 2 N–H and O–H groups in total. The Balaban J connectivity index is 1.87. The molecule has 0 aliphatic heterocycles. The van der Waals surface area contributed by atoms with Crippen LogP contribution in [0.2, 0.25) is 0 Å². The van der Waals surface area contributed by atoms with Crippen molar-refractivity contribution in [1.29, 1.82) is 0 Å². The van der Waals surface area contributed by atoms with Crippen molar-refractivity contribution in [2.24, 2.45) is 0 Å². The molecule has 1 aromatic carbocycles. The highest BCUT2D eigenvalue weighted by Crippen LogP contribution is 2.47. The monoisotopic (exact) mass is 259 g/mol. The molecule has 3 rings (SSSR count). The summed E-state index contributed by atoms with van der Waals surface area (Å²) in [6, 6.07) is 9.01. The van der Waals surface area contributed by atoms with Crippen LogP contribution in [0.4, 0.5) is 0 Å². The Morgan fingerprint density at radius 3 is 2.47 bits per heavy atom. The summed E-state index contributed by atoms with van der Waals surface area (Å²) in [5.41, 5.74) is 1.72. The molecule has 1 fully saturated rings. The Labute approximate surface area is 109 Å². The lowest BCUT2D eigenvalue weighted by Crippen LogP contribution is -2.11. The molecule has 0 bridgehead atoms. The summed E-state index contributed by atoms with van der Waals surface area (Å²) in [6.07, 6.45) is 2.02. The molecule has 0 saturated heterocycles. The van der Waals surface area contributed by atoms with Crippen LogP contribution in [-0.4, -0.2) is 27.9 Å².